The number of terminal acetylenes is 1. The molecule has 152 valence electrons. The number of nitrogens with one attached hydrogen (secondary N) is 2. The highest BCUT2D eigenvalue weighted by Crippen LogP contribution is 2.30. The van der Waals surface area contributed by atoms with E-state index >= 15 is 0 Å². The second-order valence-corrected chi connectivity index (χ2v) is 6.85. The standard InChI is InChI=1S/C22H17FN6.C2H2/c23-15-3-1-2-13(6-15)18-11-25-12-22-17(18)7-16(28-22)8-21-19(24)4-5-20(29-21)14-9-26-27-10-14;1-2/h1-7,9-12,28H,8,24H2,(H,26,27);1-2H. The summed E-state index contributed by atoms with van der Waals surface area (Å²) in [5.41, 5.74) is 12.8. The summed E-state index contributed by atoms with van der Waals surface area (Å²) in [6.45, 7) is 0. The number of nitrogens with two attached hydrogens (primary N) is 1. The van der Waals surface area contributed by atoms with E-state index in [2.05, 4.69) is 33.0 Å². The highest BCUT2D eigenvalue weighted by atomic mass is 19.1. The van der Waals surface area contributed by atoms with E-state index in [1.54, 1.807) is 30.9 Å². The van der Waals surface area contributed by atoms with E-state index in [0.717, 1.165) is 44.7 Å². The first-order chi connectivity index (χ1) is 15.2. The first-order valence-electron chi connectivity index (χ1n) is 9.47. The Labute approximate surface area is 178 Å². The number of anilines is 1. The maximum absolute atomic E-state index is 13.7. The highest BCUT2D eigenvalue weighted by Gasteiger charge is 2.12. The topological polar surface area (TPSA) is 96.3 Å². The number of rotatable bonds is 4. The molecule has 0 aliphatic heterocycles. The van der Waals surface area contributed by atoms with Crippen LogP contribution in [0.1, 0.15) is 11.4 Å². The lowest BCUT2D eigenvalue weighted by atomic mass is 10.0. The van der Waals surface area contributed by atoms with Crippen LogP contribution in [-0.4, -0.2) is 25.1 Å². The Morgan fingerprint density at radius 2 is 1.87 bits per heavy atom. The monoisotopic (exact) mass is 410 g/mol. The zero-order chi connectivity index (χ0) is 21.8. The fourth-order valence-corrected chi connectivity index (χ4v) is 3.48. The molecule has 0 spiro atoms. The number of fused-ring (bicyclic) bond motifs is 1. The zero-order valence-corrected chi connectivity index (χ0v) is 16.5. The lowest BCUT2D eigenvalue weighted by Crippen LogP contribution is -2.00. The predicted molar refractivity (Wildman–Crippen MR) is 120 cm³/mol. The average Bonchev–Trinajstić information content (AvgIpc) is 3.46. The van der Waals surface area contributed by atoms with Crippen LogP contribution in [0.5, 0.6) is 0 Å². The minimum Gasteiger partial charge on any atom is -0.397 e. The Balaban J connectivity index is 0.00000112. The van der Waals surface area contributed by atoms with Crippen molar-refractivity contribution in [2.45, 2.75) is 6.42 Å². The molecule has 4 aromatic heterocycles. The molecule has 0 saturated heterocycles. The summed E-state index contributed by atoms with van der Waals surface area (Å²) in [7, 11) is 0. The van der Waals surface area contributed by atoms with Crippen LogP contribution in [0.3, 0.4) is 0 Å². The fraction of sp³-hybridized carbons (Fsp3) is 0.0417. The Hall–Kier alpha value is -4.44. The molecule has 4 N–H and O–H groups in total. The molecule has 4 heterocycles. The minimum atomic E-state index is -0.275. The summed E-state index contributed by atoms with van der Waals surface area (Å²) in [4.78, 5) is 12.4. The predicted octanol–water partition coefficient (Wildman–Crippen LogP) is 4.58. The van der Waals surface area contributed by atoms with Crippen molar-refractivity contribution >= 4 is 16.6 Å². The van der Waals surface area contributed by atoms with Crippen LogP contribution in [0, 0.1) is 18.7 Å². The molecule has 7 heteroatoms. The van der Waals surface area contributed by atoms with Crippen molar-refractivity contribution in [3.05, 3.63) is 84.5 Å². The number of hydrogen-bond acceptors (Lipinski definition) is 4. The second-order valence-electron chi connectivity index (χ2n) is 6.85. The lowest BCUT2D eigenvalue weighted by Gasteiger charge is -2.06. The quantitative estimate of drug-likeness (QED) is 0.378. The van der Waals surface area contributed by atoms with Crippen LogP contribution in [-0.2, 0) is 6.42 Å². The van der Waals surface area contributed by atoms with Crippen molar-refractivity contribution in [1.82, 2.24) is 25.1 Å². The van der Waals surface area contributed by atoms with Gasteiger partial charge in [-0.1, -0.05) is 12.1 Å². The molecule has 0 atom stereocenters. The number of aromatic nitrogens is 5. The van der Waals surface area contributed by atoms with Gasteiger partial charge < -0.3 is 10.7 Å². The van der Waals surface area contributed by atoms with E-state index in [-0.39, 0.29) is 5.82 Å². The van der Waals surface area contributed by atoms with Crippen molar-refractivity contribution in [1.29, 1.82) is 0 Å². The van der Waals surface area contributed by atoms with Crippen LogP contribution in [0.4, 0.5) is 10.1 Å². The van der Waals surface area contributed by atoms with Gasteiger partial charge in [-0.15, -0.1) is 12.8 Å². The number of aromatic amines is 2. The molecule has 6 nitrogen and oxygen atoms in total. The highest BCUT2D eigenvalue weighted by molar-refractivity contribution is 5.94. The molecule has 5 aromatic rings. The summed E-state index contributed by atoms with van der Waals surface area (Å²) in [6.07, 6.45) is 15.6. The van der Waals surface area contributed by atoms with E-state index in [1.807, 2.05) is 24.3 Å². The van der Waals surface area contributed by atoms with Gasteiger partial charge in [-0.05, 0) is 35.9 Å². The van der Waals surface area contributed by atoms with Gasteiger partial charge in [0.25, 0.3) is 0 Å². The molecule has 0 unspecified atom stereocenters. The molecule has 0 aliphatic carbocycles. The van der Waals surface area contributed by atoms with Gasteiger partial charge in [-0.2, -0.15) is 5.10 Å². The van der Waals surface area contributed by atoms with Gasteiger partial charge in [0.05, 0.1) is 35.0 Å². The van der Waals surface area contributed by atoms with Crippen molar-refractivity contribution < 1.29 is 4.39 Å². The van der Waals surface area contributed by atoms with E-state index < -0.39 is 0 Å². The number of halogens is 1. The van der Waals surface area contributed by atoms with Crippen LogP contribution in [0.2, 0.25) is 0 Å². The zero-order valence-electron chi connectivity index (χ0n) is 16.5. The first-order valence-corrected chi connectivity index (χ1v) is 9.47. The van der Waals surface area contributed by atoms with Gasteiger partial charge >= 0.3 is 0 Å². The Bertz CT molecular complexity index is 1350. The average molecular weight is 410 g/mol. The lowest BCUT2D eigenvalue weighted by molar-refractivity contribution is 0.628. The Morgan fingerprint density at radius 3 is 2.65 bits per heavy atom. The number of nitrogens with zero attached hydrogens (tertiary/aromatic N) is 3. The summed E-state index contributed by atoms with van der Waals surface area (Å²) in [5, 5.41) is 7.74. The van der Waals surface area contributed by atoms with Crippen molar-refractivity contribution in [2.75, 3.05) is 5.73 Å². The molecule has 0 amide bonds. The van der Waals surface area contributed by atoms with Crippen molar-refractivity contribution in [3.63, 3.8) is 0 Å². The SMILES string of the molecule is C#C.Nc1ccc(-c2cn[nH]c2)nc1Cc1cc2c(-c3cccc(F)c3)cncc2[nH]1. The fourth-order valence-electron chi connectivity index (χ4n) is 3.48. The second kappa shape index (κ2) is 8.51. The smallest absolute Gasteiger partial charge is 0.123 e. The van der Waals surface area contributed by atoms with Crippen LogP contribution in [0.25, 0.3) is 33.3 Å². The molecule has 0 aliphatic rings. The number of H-pyrrole nitrogens is 2. The van der Waals surface area contributed by atoms with Gasteiger partial charge in [-0.3, -0.25) is 15.1 Å². The molecule has 31 heavy (non-hydrogen) atoms. The molecule has 0 radical (unpaired) electrons. The molecule has 0 saturated carbocycles. The van der Waals surface area contributed by atoms with E-state index in [0.29, 0.717) is 12.1 Å². The third kappa shape index (κ3) is 4.00. The maximum atomic E-state index is 13.7. The van der Waals surface area contributed by atoms with Gasteiger partial charge in [0, 0.05) is 41.0 Å². The first kappa shape index (κ1) is 19.9. The Morgan fingerprint density at radius 1 is 1.00 bits per heavy atom. The largest absolute Gasteiger partial charge is 0.397 e. The molecule has 0 fully saturated rings. The summed E-state index contributed by atoms with van der Waals surface area (Å²) >= 11 is 0. The van der Waals surface area contributed by atoms with Gasteiger partial charge in [-0.25, -0.2) is 4.39 Å². The van der Waals surface area contributed by atoms with Crippen LogP contribution in [0.15, 0.2) is 67.3 Å². The number of nitrogen functional groups attached to an aromatic ring is 1. The Kier molecular flexibility index (Phi) is 5.45. The van der Waals surface area contributed by atoms with Crippen LogP contribution >= 0.6 is 0 Å². The third-order valence-electron chi connectivity index (χ3n) is 4.90. The molecule has 0 bridgehead atoms. The normalized spacial score (nSPS) is 10.5. The van der Waals surface area contributed by atoms with E-state index in [4.69, 9.17) is 10.7 Å². The van der Waals surface area contributed by atoms with Crippen molar-refractivity contribution in [2.24, 2.45) is 0 Å². The van der Waals surface area contributed by atoms with E-state index in [1.165, 1.54) is 12.1 Å². The summed E-state index contributed by atoms with van der Waals surface area (Å²) in [6, 6.07) is 12.3. The number of benzene rings is 1. The molecular formula is C24H19FN6. The molecule has 5 rings (SSSR count). The van der Waals surface area contributed by atoms with Gasteiger partial charge in [0.15, 0.2) is 0 Å². The summed E-state index contributed by atoms with van der Waals surface area (Å²) in [5.74, 6) is -0.275. The van der Waals surface area contributed by atoms with Gasteiger partial charge in [0.1, 0.15) is 5.82 Å². The van der Waals surface area contributed by atoms with Gasteiger partial charge in [0.2, 0.25) is 0 Å². The molecular weight excluding hydrogens is 391 g/mol. The van der Waals surface area contributed by atoms with E-state index in [9.17, 15) is 4.39 Å². The van der Waals surface area contributed by atoms with Crippen molar-refractivity contribution in [3.8, 4) is 35.2 Å². The number of pyridine rings is 2. The summed E-state index contributed by atoms with van der Waals surface area (Å²) < 4.78 is 13.7. The molecule has 1 aromatic carbocycles. The minimum absolute atomic E-state index is 0.275. The van der Waals surface area contributed by atoms with Crippen LogP contribution < -0.4 is 5.73 Å². The number of hydrogen-bond donors (Lipinski definition) is 3. The maximum Gasteiger partial charge on any atom is 0.123 e. The third-order valence-corrected chi connectivity index (χ3v) is 4.90.